The number of piperazine rings is 1. The molecule has 0 aliphatic carbocycles. The lowest BCUT2D eigenvalue weighted by atomic mass is 10.3. The molecule has 1 aromatic rings. The summed E-state index contributed by atoms with van der Waals surface area (Å²) in [6.07, 6.45) is -4.20. The lowest BCUT2D eigenvalue weighted by Crippen LogP contribution is -2.51. The molecule has 9 heteroatoms. The number of aromatic nitrogens is 1. The van der Waals surface area contributed by atoms with Crippen LogP contribution in [0, 0.1) is 0 Å². The summed E-state index contributed by atoms with van der Waals surface area (Å²) in [5, 5.41) is 2.32. The van der Waals surface area contributed by atoms with Crippen molar-refractivity contribution in [1.29, 1.82) is 0 Å². The summed E-state index contributed by atoms with van der Waals surface area (Å²) in [6, 6.07) is -0.236. The first-order chi connectivity index (χ1) is 9.76. The number of alkyl halides is 3. The summed E-state index contributed by atoms with van der Waals surface area (Å²) in [7, 11) is 0. The molecule has 0 saturated carbocycles. The molecule has 0 aromatic carbocycles. The minimum atomic E-state index is -4.20. The lowest BCUT2D eigenvalue weighted by molar-refractivity contribution is -0.148. The summed E-state index contributed by atoms with van der Waals surface area (Å²) in [6.45, 7) is 1.84. The lowest BCUT2D eigenvalue weighted by Gasteiger charge is -2.34. The van der Waals surface area contributed by atoms with Crippen LogP contribution in [0.2, 0.25) is 0 Å². The van der Waals surface area contributed by atoms with Gasteiger partial charge in [0, 0.05) is 31.6 Å². The van der Waals surface area contributed by atoms with Gasteiger partial charge in [-0.15, -0.1) is 11.3 Å². The van der Waals surface area contributed by atoms with Gasteiger partial charge in [0.15, 0.2) is 0 Å². The first kappa shape index (κ1) is 16.2. The molecule has 1 aromatic heterocycles. The van der Waals surface area contributed by atoms with Crippen LogP contribution >= 0.6 is 11.3 Å². The molecule has 2 heterocycles. The fraction of sp³-hybridized carbons (Fsp3) is 0.667. The third kappa shape index (κ3) is 4.39. The Labute approximate surface area is 124 Å². The average Bonchev–Trinajstić information content (AvgIpc) is 2.86. The van der Waals surface area contributed by atoms with Crippen molar-refractivity contribution in [3.63, 3.8) is 0 Å². The predicted molar refractivity (Wildman–Crippen MR) is 73.1 cm³/mol. The Balaban J connectivity index is 1.90. The Kier molecular flexibility index (Phi) is 4.84. The molecule has 0 spiro atoms. The number of nitrogens with two attached hydrogens (primary N) is 1. The molecule has 0 bridgehead atoms. The van der Waals surface area contributed by atoms with E-state index in [2.05, 4.69) is 4.98 Å². The van der Waals surface area contributed by atoms with Crippen molar-refractivity contribution in [3.8, 4) is 0 Å². The van der Waals surface area contributed by atoms with Crippen LogP contribution in [0.3, 0.4) is 0 Å². The highest BCUT2D eigenvalue weighted by molar-refractivity contribution is 7.09. The van der Waals surface area contributed by atoms with Gasteiger partial charge in [0.2, 0.25) is 0 Å². The first-order valence-electron chi connectivity index (χ1n) is 6.55. The molecule has 1 aliphatic rings. The van der Waals surface area contributed by atoms with Gasteiger partial charge in [0.05, 0.1) is 12.6 Å². The molecule has 2 rings (SSSR count). The van der Waals surface area contributed by atoms with Crippen molar-refractivity contribution in [2.75, 3.05) is 32.7 Å². The number of carbonyl (C=O) groups is 1. The van der Waals surface area contributed by atoms with Crippen molar-refractivity contribution in [2.24, 2.45) is 5.73 Å². The second-order valence-electron chi connectivity index (χ2n) is 5.04. The van der Waals surface area contributed by atoms with E-state index in [0.717, 1.165) is 0 Å². The molecule has 0 radical (unpaired) electrons. The van der Waals surface area contributed by atoms with E-state index in [4.69, 9.17) is 5.73 Å². The fourth-order valence-electron chi connectivity index (χ4n) is 2.12. The van der Waals surface area contributed by atoms with E-state index in [1.54, 1.807) is 12.3 Å². The minimum Gasteiger partial charge on any atom is -0.335 e. The van der Waals surface area contributed by atoms with E-state index < -0.39 is 12.7 Å². The molecule has 1 saturated heterocycles. The second-order valence-corrected chi connectivity index (χ2v) is 5.93. The van der Waals surface area contributed by atoms with E-state index in [1.807, 2.05) is 0 Å². The molecule has 1 amide bonds. The van der Waals surface area contributed by atoms with Crippen LogP contribution in [-0.4, -0.2) is 59.6 Å². The molecule has 1 aliphatic heterocycles. The highest BCUT2D eigenvalue weighted by Crippen LogP contribution is 2.20. The van der Waals surface area contributed by atoms with Crippen LogP contribution in [0.4, 0.5) is 13.2 Å². The Bertz CT molecular complexity index is 495. The van der Waals surface area contributed by atoms with Crippen molar-refractivity contribution < 1.29 is 18.0 Å². The first-order valence-corrected chi connectivity index (χ1v) is 7.43. The maximum Gasteiger partial charge on any atom is 0.401 e. The third-order valence-electron chi connectivity index (χ3n) is 3.19. The summed E-state index contributed by atoms with van der Waals surface area (Å²) in [5.74, 6) is -0.246. The number of halogens is 3. The van der Waals surface area contributed by atoms with Crippen LogP contribution in [0.25, 0.3) is 0 Å². The van der Waals surface area contributed by atoms with Crippen molar-refractivity contribution in [3.05, 3.63) is 16.1 Å². The van der Waals surface area contributed by atoms with Crippen LogP contribution in [0.1, 0.15) is 28.5 Å². The highest BCUT2D eigenvalue weighted by atomic mass is 32.1. The number of hydrogen-bond acceptors (Lipinski definition) is 5. The van der Waals surface area contributed by atoms with E-state index in [-0.39, 0.29) is 38.1 Å². The molecular formula is C12H17F3N4OS. The molecule has 5 nitrogen and oxygen atoms in total. The smallest absolute Gasteiger partial charge is 0.335 e. The summed E-state index contributed by atoms with van der Waals surface area (Å²) >= 11 is 1.32. The van der Waals surface area contributed by atoms with Crippen molar-refractivity contribution in [1.82, 2.24) is 14.8 Å². The fourth-order valence-corrected chi connectivity index (χ4v) is 2.87. The van der Waals surface area contributed by atoms with Gasteiger partial charge in [-0.25, -0.2) is 4.98 Å². The van der Waals surface area contributed by atoms with Crippen LogP contribution < -0.4 is 5.73 Å². The zero-order valence-corrected chi connectivity index (χ0v) is 12.4. The van der Waals surface area contributed by atoms with E-state index >= 15 is 0 Å². The van der Waals surface area contributed by atoms with Gasteiger partial charge in [-0.05, 0) is 6.92 Å². The monoisotopic (exact) mass is 322 g/mol. The molecular weight excluding hydrogens is 305 g/mol. The number of amides is 1. The van der Waals surface area contributed by atoms with Gasteiger partial charge < -0.3 is 10.6 Å². The number of rotatable bonds is 3. The van der Waals surface area contributed by atoms with Gasteiger partial charge >= 0.3 is 6.18 Å². The van der Waals surface area contributed by atoms with Gasteiger partial charge in [-0.2, -0.15) is 13.2 Å². The largest absolute Gasteiger partial charge is 0.401 e. The molecule has 21 heavy (non-hydrogen) atoms. The number of nitrogens with zero attached hydrogens (tertiary/aromatic N) is 3. The van der Waals surface area contributed by atoms with E-state index in [0.29, 0.717) is 10.7 Å². The number of thiazole rings is 1. The summed E-state index contributed by atoms with van der Waals surface area (Å²) in [5.41, 5.74) is 6.01. The molecule has 1 fully saturated rings. The van der Waals surface area contributed by atoms with Gasteiger partial charge in [-0.1, -0.05) is 0 Å². The molecule has 2 N–H and O–H groups in total. The third-order valence-corrected chi connectivity index (χ3v) is 4.24. The Hall–Kier alpha value is -1.19. The molecule has 1 unspecified atom stereocenters. The Morgan fingerprint density at radius 2 is 2.05 bits per heavy atom. The van der Waals surface area contributed by atoms with Gasteiger partial charge in [0.25, 0.3) is 5.91 Å². The van der Waals surface area contributed by atoms with Gasteiger partial charge in [-0.3, -0.25) is 9.69 Å². The number of carbonyl (C=O) groups excluding carboxylic acids is 1. The minimum absolute atomic E-state index is 0.218. The van der Waals surface area contributed by atoms with Crippen LogP contribution in [0.15, 0.2) is 5.38 Å². The number of hydrogen-bond donors (Lipinski definition) is 1. The summed E-state index contributed by atoms with van der Waals surface area (Å²) in [4.78, 5) is 19.2. The standard InChI is InChI=1S/C12H17F3N4OS/c1-8(16)10-17-9(6-21-10)11(20)19-4-2-18(3-5-19)7-12(13,14)15/h6,8H,2-5,7,16H2,1H3. The molecule has 118 valence electrons. The zero-order valence-electron chi connectivity index (χ0n) is 11.6. The van der Waals surface area contributed by atoms with E-state index in [9.17, 15) is 18.0 Å². The SMILES string of the molecule is CC(N)c1nc(C(=O)N2CCN(CC(F)(F)F)CC2)cs1. The maximum absolute atomic E-state index is 12.3. The Morgan fingerprint density at radius 3 is 2.52 bits per heavy atom. The topological polar surface area (TPSA) is 62.5 Å². The highest BCUT2D eigenvalue weighted by Gasteiger charge is 2.33. The predicted octanol–water partition coefficient (Wildman–Crippen LogP) is 1.48. The molecule has 1 atom stereocenters. The van der Waals surface area contributed by atoms with Gasteiger partial charge in [0.1, 0.15) is 10.7 Å². The average molecular weight is 322 g/mol. The van der Waals surface area contributed by atoms with Crippen LogP contribution in [0.5, 0.6) is 0 Å². The normalized spacial score (nSPS) is 18.8. The van der Waals surface area contributed by atoms with Crippen molar-refractivity contribution >= 4 is 17.2 Å². The maximum atomic E-state index is 12.3. The Morgan fingerprint density at radius 1 is 1.43 bits per heavy atom. The quantitative estimate of drug-likeness (QED) is 0.916. The van der Waals surface area contributed by atoms with Crippen LogP contribution in [-0.2, 0) is 0 Å². The van der Waals surface area contributed by atoms with E-state index in [1.165, 1.54) is 21.1 Å². The van der Waals surface area contributed by atoms with Crippen molar-refractivity contribution in [2.45, 2.75) is 19.1 Å². The second kappa shape index (κ2) is 6.29. The zero-order chi connectivity index (χ0) is 15.6. The summed E-state index contributed by atoms with van der Waals surface area (Å²) < 4.78 is 36.9.